The third-order valence-electron chi connectivity index (χ3n) is 7.73. The number of methoxy groups -OCH3 is 1. The number of phenols is 1. The van der Waals surface area contributed by atoms with Crippen molar-refractivity contribution >= 4 is 17.4 Å². The molecule has 1 aliphatic carbocycles. The number of fused-ring (bicyclic) bond motifs is 2. The van der Waals surface area contributed by atoms with Crippen molar-refractivity contribution in [3.63, 3.8) is 0 Å². The second kappa shape index (κ2) is 12.2. The molecule has 0 saturated carbocycles. The monoisotopic (exact) mass is 595 g/mol. The number of nitrogens with one attached hydrogen (secondary N) is 1. The van der Waals surface area contributed by atoms with Crippen LogP contribution in [0.2, 0.25) is 0 Å². The number of phenolic OH excluding ortho intramolecular Hbond substituents is 1. The molecule has 2 heterocycles. The third kappa shape index (κ3) is 5.54. The van der Waals surface area contributed by atoms with Crippen LogP contribution in [-0.2, 0) is 24.1 Å². The van der Waals surface area contributed by atoms with E-state index in [-0.39, 0.29) is 46.0 Å². The maximum Gasteiger partial charge on any atom is 0.229 e. The predicted octanol–water partition coefficient (Wildman–Crippen LogP) is -0.163. The second-order valence-electron chi connectivity index (χ2n) is 10.4. The number of aromatic nitrogens is 1. The van der Waals surface area contributed by atoms with Gasteiger partial charge < -0.3 is 50.8 Å². The Hall–Kier alpha value is -4.11. The molecule has 43 heavy (non-hydrogen) atoms. The average Bonchev–Trinajstić information content (AvgIpc) is 3.00. The Labute approximate surface area is 246 Å². The van der Waals surface area contributed by atoms with Gasteiger partial charge in [-0.05, 0) is 49.2 Å². The first-order valence-electron chi connectivity index (χ1n) is 13.6. The van der Waals surface area contributed by atoms with E-state index in [1.807, 2.05) is 6.07 Å². The van der Waals surface area contributed by atoms with E-state index in [9.17, 15) is 35.1 Å². The van der Waals surface area contributed by atoms with Gasteiger partial charge in [-0.1, -0.05) is 6.07 Å². The number of nitrogen functional groups attached to an aromatic ring is 1. The van der Waals surface area contributed by atoms with Crippen LogP contribution >= 0.6 is 0 Å². The van der Waals surface area contributed by atoms with E-state index in [1.165, 1.54) is 19.2 Å². The number of aliphatic hydroxyl groups is 4. The molecule has 5 rings (SSSR count). The number of aryl methyl sites for hydroxylation is 2. The Kier molecular flexibility index (Phi) is 8.64. The Morgan fingerprint density at radius 2 is 1.74 bits per heavy atom. The van der Waals surface area contributed by atoms with Crippen molar-refractivity contribution in [3.05, 3.63) is 75.5 Å². The maximum absolute atomic E-state index is 14.0. The lowest BCUT2D eigenvalue weighted by Gasteiger charge is -2.39. The molecule has 5 unspecified atom stereocenters. The average molecular weight is 596 g/mol. The van der Waals surface area contributed by atoms with Crippen molar-refractivity contribution in [1.29, 1.82) is 0 Å². The summed E-state index contributed by atoms with van der Waals surface area (Å²) < 4.78 is 16.6. The molecule has 0 spiro atoms. The summed E-state index contributed by atoms with van der Waals surface area (Å²) in [6.45, 7) is -0.481. The summed E-state index contributed by atoms with van der Waals surface area (Å²) in [7, 11) is 3.04. The smallest absolute Gasteiger partial charge is 0.229 e. The molecule has 228 valence electrons. The summed E-state index contributed by atoms with van der Waals surface area (Å²) >= 11 is 0. The van der Waals surface area contributed by atoms with Gasteiger partial charge in [0.05, 0.1) is 24.8 Å². The first kappa shape index (κ1) is 30.4. The molecule has 1 aromatic heterocycles. The van der Waals surface area contributed by atoms with E-state index in [4.69, 9.17) is 19.9 Å². The molecule has 5 atom stereocenters. The Bertz CT molecular complexity index is 1540. The molecule has 1 saturated heterocycles. The lowest BCUT2D eigenvalue weighted by Crippen LogP contribution is -2.60. The first-order chi connectivity index (χ1) is 20.6. The van der Waals surface area contributed by atoms with E-state index < -0.39 is 48.9 Å². The van der Waals surface area contributed by atoms with Crippen molar-refractivity contribution in [2.45, 2.75) is 50.1 Å². The number of aliphatic hydroxyl groups excluding tert-OH is 4. The molecule has 1 aliphatic heterocycles. The van der Waals surface area contributed by atoms with Gasteiger partial charge in [0.15, 0.2) is 5.78 Å². The highest BCUT2D eigenvalue weighted by Gasteiger charge is 2.46. The van der Waals surface area contributed by atoms with E-state index in [1.54, 1.807) is 25.4 Å². The van der Waals surface area contributed by atoms with Crippen LogP contribution < -0.4 is 20.5 Å². The van der Waals surface area contributed by atoms with Gasteiger partial charge in [0.1, 0.15) is 47.5 Å². The third-order valence-corrected chi connectivity index (χ3v) is 7.73. The van der Waals surface area contributed by atoms with Crippen LogP contribution in [0.5, 0.6) is 17.2 Å². The zero-order valence-electron chi connectivity index (χ0n) is 23.5. The van der Waals surface area contributed by atoms with Gasteiger partial charge in [0.2, 0.25) is 12.1 Å². The number of ketones is 2. The van der Waals surface area contributed by atoms with Crippen LogP contribution in [0.4, 0.5) is 5.82 Å². The highest BCUT2D eigenvalue weighted by atomic mass is 16.7. The van der Waals surface area contributed by atoms with Crippen LogP contribution in [-0.4, -0.2) is 93.6 Å². The summed E-state index contributed by atoms with van der Waals surface area (Å²) in [5, 5.41) is 54.8. The molecule has 0 bridgehead atoms. The molecule has 8 N–H and O–H groups in total. The minimum Gasteiger partial charge on any atom is -0.507 e. The van der Waals surface area contributed by atoms with Crippen molar-refractivity contribution < 1.29 is 49.3 Å². The number of ether oxygens (including phenoxy) is 3. The molecule has 3 aromatic rings. The number of carbonyl (C=O) groups excluding carboxylic acids is 2. The van der Waals surface area contributed by atoms with E-state index >= 15 is 0 Å². The van der Waals surface area contributed by atoms with Crippen LogP contribution in [0.25, 0.3) is 0 Å². The van der Waals surface area contributed by atoms with Crippen molar-refractivity contribution in [3.8, 4) is 17.2 Å². The van der Waals surface area contributed by atoms with Crippen LogP contribution in [0, 0.1) is 0 Å². The molecular formula is C30H33N3O10. The normalized spacial score (nSPS) is 23.1. The van der Waals surface area contributed by atoms with Gasteiger partial charge in [-0.2, -0.15) is 0 Å². The molecule has 1 fully saturated rings. The fourth-order valence-corrected chi connectivity index (χ4v) is 5.41. The van der Waals surface area contributed by atoms with Gasteiger partial charge in [-0.3, -0.25) is 9.59 Å². The fraction of sp³-hybridized carbons (Fsp3) is 0.367. The molecule has 13 heteroatoms. The number of carbonyl (C=O) groups is 2. The summed E-state index contributed by atoms with van der Waals surface area (Å²) in [5.74, 6) is -1.32. The predicted molar refractivity (Wildman–Crippen MR) is 151 cm³/mol. The lowest BCUT2D eigenvalue weighted by atomic mass is 9.80. The van der Waals surface area contributed by atoms with Gasteiger partial charge in [-0.25, -0.2) is 4.98 Å². The van der Waals surface area contributed by atoms with Crippen molar-refractivity contribution in [2.75, 3.05) is 26.5 Å². The SMILES string of the molecule is CNCc1c(CCc2ccc(N)nc2)cc2c(c1O)C(=O)c1c(OC3OC(CO)C(O)C(O)C3O)cc(OC)cc1C2=O. The van der Waals surface area contributed by atoms with E-state index in [0.717, 1.165) is 5.56 Å². The maximum atomic E-state index is 14.0. The minimum atomic E-state index is -1.77. The molecule has 13 nitrogen and oxygen atoms in total. The van der Waals surface area contributed by atoms with E-state index in [0.29, 0.717) is 29.8 Å². The zero-order valence-corrected chi connectivity index (χ0v) is 23.5. The number of hydrogen-bond acceptors (Lipinski definition) is 13. The molecule has 2 aliphatic rings. The molecule has 0 amide bonds. The number of hydrogen-bond donors (Lipinski definition) is 7. The summed E-state index contributed by atoms with van der Waals surface area (Å²) in [6.07, 6.45) is -5.40. The van der Waals surface area contributed by atoms with E-state index in [2.05, 4.69) is 10.3 Å². The number of pyridine rings is 1. The minimum absolute atomic E-state index is 0.00678. The number of rotatable bonds is 9. The molecule has 2 aromatic carbocycles. The van der Waals surface area contributed by atoms with Crippen LogP contribution in [0.15, 0.2) is 36.5 Å². The standard InChI is InChI=1S/C30H33N3O10/c1-32-11-18-14(5-3-13-4-6-21(31)33-10-13)7-16-23(25(18)36)27(38)22-17(24(16)35)8-15(41-2)9-19(22)42-30-29(40)28(39)26(37)20(12-34)43-30/h4,6-10,20,26,28-30,32,34,36-37,39-40H,3,5,11-12H2,1-2H3,(H2,31,33). The summed E-state index contributed by atoms with van der Waals surface area (Å²) in [5.41, 5.74) is 7.22. The first-order valence-corrected chi connectivity index (χ1v) is 13.6. The number of nitrogens with zero attached hydrogens (tertiary/aromatic N) is 1. The highest BCUT2D eigenvalue weighted by Crippen LogP contribution is 2.42. The fourth-order valence-electron chi connectivity index (χ4n) is 5.41. The Balaban J connectivity index is 1.57. The highest BCUT2D eigenvalue weighted by molar-refractivity contribution is 6.30. The van der Waals surface area contributed by atoms with Crippen molar-refractivity contribution in [2.24, 2.45) is 0 Å². The number of aromatic hydroxyl groups is 1. The summed E-state index contributed by atoms with van der Waals surface area (Å²) in [6, 6.07) is 7.80. The second-order valence-corrected chi connectivity index (χ2v) is 10.4. The molecule has 0 radical (unpaired) electrons. The molecular weight excluding hydrogens is 562 g/mol. The number of nitrogens with two attached hydrogens (primary N) is 1. The van der Waals surface area contributed by atoms with Gasteiger partial charge in [0, 0.05) is 35.5 Å². The summed E-state index contributed by atoms with van der Waals surface area (Å²) in [4.78, 5) is 32.0. The van der Waals surface area contributed by atoms with Gasteiger partial charge in [-0.15, -0.1) is 0 Å². The van der Waals surface area contributed by atoms with Gasteiger partial charge in [0.25, 0.3) is 0 Å². The Morgan fingerprint density at radius 3 is 2.40 bits per heavy atom. The van der Waals surface area contributed by atoms with Gasteiger partial charge >= 0.3 is 0 Å². The zero-order chi connectivity index (χ0) is 31.0. The Morgan fingerprint density at radius 1 is 1.00 bits per heavy atom. The van der Waals surface area contributed by atoms with Crippen LogP contribution in [0.1, 0.15) is 48.5 Å². The quantitative estimate of drug-likeness (QED) is 0.134. The van der Waals surface area contributed by atoms with Crippen molar-refractivity contribution in [1.82, 2.24) is 10.3 Å². The lowest BCUT2D eigenvalue weighted by molar-refractivity contribution is -0.277. The number of benzene rings is 2. The largest absolute Gasteiger partial charge is 0.507 e. The topological polar surface area (TPSA) is 214 Å². The number of anilines is 1. The van der Waals surface area contributed by atoms with Crippen LogP contribution in [0.3, 0.4) is 0 Å².